The Labute approximate surface area is 124 Å². The molecule has 108 valence electrons. The summed E-state index contributed by atoms with van der Waals surface area (Å²) >= 11 is 6.41. The van der Waals surface area contributed by atoms with Crippen molar-refractivity contribution in [2.45, 2.75) is 45.2 Å². The van der Waals surface area contributed by atoms with Gasteiger partial charge in [-0.15, -0.1) is 0 Å². The van der Waals surface area contributed by atoms with Gasteiger partial charge in [-0.3, -0.25) is 4.68 Å². The van der Waals surface area contributed by atoms with Gasteiger partial charge in [-0.05, 0) is 36.8 Å². The van der Waals surface area contributed by atoms with Crippen LogP contribution in [-0.2, 0) is 26.4 Å². The molecule has 4 nitrogen and oxygen atoms in total. The van der Waals surface area contributed by atoms with Crippen molar-refractivity contribution in [3.8, 4) is 0 Å². The largest absolute Gasteiger partial charge is 0.348 e. The van der Waals surface area contributed by atoms with Gasteiger partial charge in [0.15, 0.2) is 0 Å². The van der Waals surface area contributed by atoms with Crippen LogP contribution >= 0.6 is 11.6 Å². The molecule has 1 atom stereocenters. The molecule has 0 radical (unpaired) electrons. The third kappa shape index (κ3) is 2.27. The third-order valence-electron chi connectivity index (χ3n) is 4.19. The van der Waals surface area contributed by atoms with Gasteiger partial charge in [-0.1, -0.05) is 18.5 Å². The zero-order valence-electron chi connectivity index (χ0n) is 12.1. The van der Waals surface area contributed by atoms with E-state index < -0.39 is 0 Å². The molecule has 1 unspecified atom stereocenters. The molecule has 0 fully saturated rings. The van der Waals surface area contributed by atoms with Crippen LogP contribution in [0.2, 0.25) is 5.02 Å². The van der Waals surface area contributed by atoms with Crippen LogP contribution < -0.4 is 5.73 Å². The lowest BCUT2D eigenvalue weighted by molar-refractivity contribution is 0.573. The van der Waals surface area contributed by atoms with Crippen molar-refractivity contribution in [3.05, 3.63) is 39.9 Å². The molecule has 20 heavy (non-hydrogen) atoms. The van der Waals surface area contributed by atoms with E-state index in [1.165, 1.54) is 17.5 Å². The summed E-state index contributed by atoms with van der Waals surface area (Å²) in [5, 5.41) is 5.27. The van der Waals surface area contributed by atoms with Crippen LogP contribution in [0.5, 0.6) is 0 Å². The van der Waals surface area contributed by atoms with Crippen LogP contribution in [0.3, 0.4) is 0 Å². The molecule has 5 heteroatoms. The lowest BCUT2D eigenvalue weighted by Gasteiger charge is -2.17. The highest BCUT2D eigenvalue weighted by Gasteiger charge is 2.20. The number of nitrogens with two attached hydrogens (primary N) is 1. The van der Waals surface area contributed by atoms with E-state index in [0.717, 1.165) is 42.2 Å². The van der Waals surface area contributed by atoms with E-state index >= 15 is 0 Å². The summed E-state index contributed by atoms with van der Waals surface area (Å²) in [6.45, 7) is 2.83. The van der Waals surface area contributed by atoms with E-state index in [9.17, 15) is 0 Å². The first-order valence-corrected chi connectivity index (χ1v) is 7.62. The van der Waals surface area contributed by atoms with Gasteiger partial charge in [-0.2, -0.15) is 5.10 Å². The molecule has 1 aliphatic carbocycles. The third-order valence-corrected chi connectivity index (χ3v) is 4.63. The number of nitrogens with zero attached hydrogens (tertiary/aromatic N) is 3. The summed E-state index contributed by atoms with van der Waals surface area (Å²) in [5.41, 5.74) is 10.9. The second kappa shape index (κ2) is 5.26. The molecule has 3 rings (SSSR count). The zero-order chi connectivity index (χ0) is 14.3. The Morgan fingerprint density at radius 2 is 2.25 bits per heavy atom. The molecule has 2 N–H and O–H groups in total. The minimum Gasteiger partial charge on any atom is -0.348 e. The highest BCUT2D eigenvalue weighted by molar-refractivity contribution is 6.31. The molecule has 0 spiro atoms. The first-order chi connectivity index (χ1) is 9.60. The summed E-state index contributed by atoms with van der Waals surface area (Å²) in [4.78, 5) is 0. The predicted molar refractivity (Wildman–Crippen MR) is 81.0 cm³/mol. The quantitative estimate of drug-likeness (QED) is 0.946. The Morgan fingerprint density at radius 3 is 2.90 bits per heavy atom. The summed E-state index contributed by atoms with van der Waals surface area (Å²) in [5.74, 6) is 0. The first kappa shape index (κ1) is 13.7. The molecule has 0 amide bonds. The molecule has 2 aromatic rings. The molecular weight excluding hydrogens is 272 g/mol. The Morgan fingerprint density at radius 1 is 1.45 bits per heavy atom. The molecule has 0 saturated heterocycles. The van der Waals surface area contributed by atoms with Crippen LogP contribution in [-0.4, -0.2) is 14.3 Å². The van der Waals surface area contributed by atoms with Gasteiger partial charge in [0.1, 0.15) is 0 Å². The highest BCUT2D eigenvalue weighted by Crippen LogP contribution is 2.29. The lowest BCUT2D eigenvalue weighted by Crippen LogP contribution is -2.15. The van der Waals surface area contributed by atoms with Gasteiger partial charge in [0.25, 0.3) is 0 Å². The molecule has 0 saturated carbocycles. The van der Waals surface area contributed by atoms with Gasteiger partial charge < -0.3 is 10.3 Å². The molecule has 2 heterocycles. The number of hydrogen-bond donors (Lipinski definition) is 1. The van der Waals surface area contributed by atoms with E-state index in [0.29, 0.717) is 0 Å². The van der Waals surface area contributed by atoms with Crippen LogP contribution in [0.15, 0.2) is 12.4 Å². The van der Waals surface area contributed by atoms with E-state index in [1.807, 2.05) is 11.7 Å². The average molecular weight is 293 g/mol. The van der Waals surface area contributed by atoms with Crippen molar-refractivity contribution < 1.29 is 0 Å². The van der Waals surface area contributed by atoms with Crippen LogP contribution in [0.1, 0.15) is 48.3 Å². The SMILES string of the molecule is CCc1nn(C)c(Cn2cc3c(c2)C(N)CCC3)c1Cl. The maximum absolute atomic E-state index is 6.41. The van der Waals surface area contributed by atoms with Gasteiger partial charge in [0.05, 0.1) is 23.0 Å². The standard InChI is InChI=1S/C15H21ClN4/c1-3-13-15(16)14(19(2)18-13)9-20-7-10-5-4-6-12(17)11(10)8-20/h7-8,12H,3-6,9,17H2,1-2H3. The van der Waals surface area contributed by atoms with Gasteiger partial charge >= 0.3 is 0 Å². The summed E-state index contributed by atoms with van der Waals surface area (Å²) in [6, 6.07) is 0.188. The topological polar surface area (TPSA) is 48.8 Å². The minimum absolute atomic E-state index is 0.188. The number of rotatable bonds is 3. The van der Waals surface area contributed by atoms with E-state index in [1.54, 1.807) is 0 Å². The predicted octanol–water partition coefficient (Wildman–Crippen LogP) is 2.82. The van der Waals surface area contributed by atoms with Crippen LogP contribution in [0, 0.1) is 0 Å². The van der Waals surface area contributed by atoms with Gasteiger partial charge in [0.2, 0.25) is 0 Å². The van der Waals surface area contributed by atoms with Crippen molar-refractivity contribution in [2.24, 2.45) is 12.8 Å². The van der Waals surface area contributed by atoms with Crippen LogP contribution in [0.25, 0.3) is 0 Å². The van der Waals surface area contributed by atoms with E-state index in [4.69, 9.17) is 17.3 Å². The lowest BCUT2D eigenvalue weighted by atomic mass is 9.92. The molecule has 2 aromatic heterocycles. The van der Waals surface area contributed by atoms with E-state index in [2.05, 4.69) is 29.0 Å². The van der Waals surface area contributed by atoms with Crippen molar-refractivity contribution >= 4 is 11.6 Å². The number of aromatic nitrogens is 3. The maximum atomic E-state index is 6.41. The van der Waals surface area contributed by atoms with Crippen molar-refractivity contribution in [1.29, 1.82) is 0 Å². The Kier molecular flexibility index (Phi) is 3.61. The summed E-state index contributed by atoms with van der Waals surface area (Å²) in [6.07, 6.45) is 8.65. The molecule has 1 aliphatic rings. The Balaban J connectivity index is 1.90. The fraction of sp³-hybridized carbons (Fsp3) is 0.533. The fourth-order valence-corrected chi connectivity index (χ4v) is 3.39. The molecule has 0 aromatic carbocycles. The fourth-order valence-electron chi connectivity index (χ4n) is 3.04. The number of halogens is 1. The second-order valence-electron chi connectivity index (χ2n) is 5.59. The normalized spacial score (nSPS) is 18.3. The molecule has 0 bridgehead atoms. The Hall–Kier alpha value is -1.26. The van der Waals surface area contributed by atoms with Crippen LogP contribution in [0.4, 0.5) is 0 Å². The number of fused-ring (bicyclic) bond motifs is 1. The smallest absolute Gasteiger partial charge is 0.0868 e. The summed E-state index contributed by atoms with van der Waals surface area (Å²) in [7, 11) is 1.95. The summed E-state index contributed by atoms with van der Waals surface area (Å²) < 4.78 is 4.08. The van der Waals surface area contributed by atoms with Crippen molar-refractivity contribution in [2.75, 3.05) is 0 Å². The molecule has 0 aliphatic heterocycles. The number of aryl methyl sites for hydroxylation is 3. The maximum Gasteiger partial charge on any atom is 0.0868 e. The highest BCUT2D eigenvalue weighted by atomic mass is 35.5. The minimum atomic E-state index is 0.188. The average Bonchev–Trinajstić information content (AvgIpc) is 2.95. The van der Waals surface area contributed by atoms with Crippen molar-refractivity contribution in [1.82, 2.24) is 14.3 Å². The van der Waals surface area contributed by atoms with Gasteiger partial charge in [0, 0.05) is 25.5 Å². The second-order valence-corrected chi connectivity index (χ2v) is 5.97. The Bertz CT molecular complexity index is 626. The van der Waals surface area contributed by atoms with E-state index in [-0.39, 0.29) is 6.04 Å². The monoisotopic (exact) mass is 292 g/mol. The number of hydrogen-bond acceptors (Lipinski definition) is 2. The first-order valence-electron chi connectivity index (χ1n) is 7.24. The van der Waals surface area contributed by atoms with Crippen molar-refractivity contribution in [3.63, 3.8) is 0 Å². The zero-order valence-corrected chi connectivity index (χ0v) is 12.8. The van der Waals surface area contributed by atoms with Gasteiger partial charge in [-0.25, -0.2) is 0 Å². The molecular formula is C15H21ClN4.